The third kappa shape index (κ3) is 3.94. The van der Waals surface area contributed by atoms with Crippen LogP contribution >= 0.6 is 0 Å². The molecule has 0 aliphatic rings. The first-order valence-electron chi connectivity index (χ1n) is 6.29. The third-order valence-electron chi connectivity index (χ3n) is 3.29. The fourth-order valence-electron chi connectivity index (χ4n) is 1.46. The van der Waals surface area contributed by atoms with Crippen molar-refractivity contribution in [3.8, 4) is 0 Å². The van der Waals surface area contributed by atoms with Gasteiger partial charge in [-0.25, -0.2) is 4.79 Å². The van der Waals surface area contributed by atoms with E-state index in [-0.39, 0.29) is 18.7 Å². The molecule has 0 aromatic heterocycles. The van der Waals surface area contributed by atoms with Gasteiger partial charge in [0.25, 0.3) is 0 Å². The molecule has 5 heteroatoms. The molecule has 106 valence electrons. The van der Waals surface area contributed by atoms with Crippen LogP contribution in [-0.4, -0.2) is 35.2 Å². The molecule has 0 saturated heterocycles. The molecule has 1 aromatic carbocycles. The predicted molar refractivity (Wildman–Crippen MR) is 77.0 cm³/mol. The maximum Gasteiger partial charge on any atom is 0.322 e. The van der Waals surface area contributed by atoms with Crippen LogP contribution < -0.4 is 11.1 Å². The largest absolute Gasteiger partial charge is 0.394 e. The number of hydrogen-bond donors (Lipinski definition) is 3. The molecule has 0 saturated carbocycles. The van der Waals surface area contributed by atoms with Crippen molar-refractivity contribution >= 4 is 11.7 Å². The predicted octanol–water partition coefficient (Wildman–Crippen LogP) is 1.94. The number of nitrogens with one attached hydrogen (secondary N) is 1. The number of urea groups is 1. The van der Waals surface area contributed by atoms with E-state index in [0.717, 1.165) is 5.56 Å². The van der Waals surface area contributed by atoms with E-state index in [1.807, 2.05) is 31.2 Å². The molecular weight excluding hydrogens is 242 g/mol. The molecule has 0 fully saturated rings. The van der Waals surface area contributed by atoms with Gasteiger partial charge in [-0.1, -0.05) is 12.1 Å². The quantitative estimate of drug-likeness (QED) is 0.778. The normalized spacial score (nSPS) is 12.9. The van der Waals surface area contributed by atoms with Crippen molar-refractivity contribution in [2.75, 3.05) is 19.0 Å². The van der Waals surface area contributed by atoms with Crippen molar-refractivity contribution in [3.63, 3.8) is 0 Å². The van der Waals surface area contributed by atoms with Gasteiger partial charge in [-0.2, -0.15) is 0 Å². The van der Waals surface area contributed by atoms with Crippen LogP contribution in [0.2, 0.25) is 0 Å². The number of nitrogens with two attached hydrogens (primary N) is 1. The van der Waals surface area contributed by atoms with Crippen LogP contribution in [0.15, 0.2) is 24.3 Å². The highest BCUT2D eigenvalue weighted by Gasteiger charge is 2.26. The van der Waals surface area contributed by atoms with Gasteiger partial charge >= 0.3 is 6.03 Å². The van der Waals surface area contributed by atoms with Gasteiger partial charge in [0, 0.05) is 18.8 Å². The van der Waals surface area contributed by atoms with Crippen molar-refractivity contribution in [2.45, 2.75) is 32.4 Å². The Morgan fingerprint density at radius 1 is 1.42 bits per heavy atom. The van der Waals surface area contributed by atoms with E-state index in [1.165, 1.54) is 4.90 Å². The smallest absolute Gasteiger partial charge is 0.322 e. The summed E-state index contributed by atoms with van der Waals surface area (Å²) in [5.74, 6) is 0. The topological polar surface area (TPSA) is 78.6 Å². The van der Waals surface area contributed by atoms with Crippen LogP contribution in [0.25, 0.3) is 0 Å². The van der Waals surface area contributed by atoms with Gasteiger partial charge in [0.05, 0.1) is 12.1 Å². The number of likely N-dealkylation sites (N-methyl/N-ethyl adjacent to an activating group) is 1. The molecule has 1 aromatic rings. The fourth-order valence-corrected chi connectivity index (χ4v) is 1.46. The fraction of sp³-hybridized carbons (Fsp3) is 0.500. The lowest BCUT2D eigenvalue weighted by Crippen LogP contribution is -2.49. The van der Waals surface area contributed by atoms with Crippen molar-refractivity contribution in [1.29, 1.82) is 0 Å². The minimum atomic E-state index is -0.601. The highest BCUT2D eigenvalue weighted by molar-refractivity contribution is 5.89. The molecule has 1 atom stereocenters. The summed E-state index contributed by atoms with van der Waals surface area (Å²) in [5, 5.41) is 12.0. The van der Waals surface area contributed by atoms with Crippen LogP contribution in [0, 0.1) is 0 Å². The van der Waals surface area contributed by atoms with Crippen molar-refractivity contribution < 1.29 is 9.90 Å². The number of carbonyl (C=O) groups is 1. The Morgan fingerprint density at radius 3 is 2.37 bits per heavy atom. The van der Waals surface area contributed by atoms with Gasteiger partial charge in [0.15, 0.2) is 0 Å². The van der Waals surface area contributed by atoms with E-state index in [9.17, 15) is 9.90 Å². The Hall–Kier alpha value is -1.59. The molecule has 4 N–H and O–H groups in total. The highest BCUT2D eigenvalue weighted by Crippen LogP contribution is 2.16. The highest BCUT2D eigenvalue weighted by atomic mass is 16.3. The first-order chi connectivity index (χ1) is 8.77. The van der Waals surface area contributed by atoms with Gasteiger partial charge in [-0.15, -0.1) is 0 Å². The van der Waals surface area contributed by atoms with E-state index < -0.39 is 5.54 Å². The van der Waals surface area contributed by atoms with E-state index in [2.05, 4.69) is 5.32 Å². The van der Waals surface area contributed by atoms with Crippen molar-refractivity contribution in [3.05, 3.63) is 29.8 Å². The van der Waals surface area contributed by atoms with Gasteiger partial charge < -0.3 is 21.1 Å². The first-order valence-corrected chi connectivity index (χ1v) is 6.29. The zero-order valence-electron chi connectivity index (χ0n) is 12.0. The molecule has 0 spiro atoms. The number of anilines is 1. The average molecular weight is 265 g/mol. The average Bonchev–Trinajstić information content (AvgIpc) is 2.38. The Labute approximate surface area is 114 Å². The van der Waals surface area contributed by atoms with Gasteiger partial charge in [0.2, 0.25) is 0 Å². The van der Waals surface area contributed by atoms with Crippen LogP contribution in [0.3, 0.4) is 0 Å². The molecule has 0 aliphatic carbocycles. The Morgan fingerprint density at radius 2 is 1.95 bits per heavy atom. The minimum Gasteiger partial charge on any atom is -0.394 e. The summed E-state index contributed by atoms with van der Waals surface area (Å²) in [5.41, 5.74) is 6.88. The summed E-state index contributed by atoms with van der Waals surface area (Å²) in [6.07, 6.45) is 0. The molecule has 0 aliphatic heterocycles. The Balaban J connectivity index is 2.72. The summed E-state index contributed by atoms with van der Waals surface area (Å²) in [6.45, 7) is 5.41. The standard InChI is InChI=1S/C14H23N3O2/c1-10(15)11-5-7-12(8-6-11)16-13(19)17(4)14(2,3)9-18/h5-8,10,18H,9,15H2,1-4H3,(H,16,19). The number of hydrogen-bond acceptors (Lipinski definition) is 3. The molecular formula is C14H23N3O2. The summed E-state index contributed by atoms with van der Waals surface area (Å²) < 4.78 is 0. The number of carbonyl (C=O) groups excluding carboxylic acids is 1. The van der Waals surface area contributed by atoms with E-state index >= 15 is 0 Å². The Bertz CT molecular complexity index is 427. The van der Waals surface area contributed by atoms with E-state index in [4.69, 9.17) is 5.73 Å². The molecule has 0 radical (unpaired) electrons. The summed E-state index contributed by atoms with van der Waals surface area (Å²) >= 11 is 0. The van der Waals surface area contributed by atoms with Crippen LogP contribution in [0.4, 0.5) is 10.5 Å². The van der Waals surface area contributed by atoms with E-state index in [0.29, 0.717) is 5.69 Å². The van der Waals surface area contributed by atoms with E-state index in [1.54, 1.807) is 20.9 Å². The summed E-state index contributed by atoms with van der Waals surface area (Å²) in [4.78, 5) is 13.5. The van der Waals surface area contributed by atoms with Crippen LogP contribution in [0.5, 0.6) is 0 Å². The van der Waals surface area contributed by atoms with Crippen molar-refractivity contribution in [1.82, 2.24) is 4.90 Å². The molecule has 2 amide bonds. The second-order valence-corrected chi connectivity index (χ2v) is 5.37. The Kier molecular flexibility index (Phi) is 4.91. The lowest BCUT2D eigenvalue weighted by Gasteiger charge is -2.33. The van der Waals surface area contributed by atoms with Crippen LogP contribution in [0.1, 0.15) is 32.4 Å². The number of nitrogens with zero attached hydrogens (tertiary/aromatic N) is 1. The minimum absolute atomic E-state index is 0.0271. The number of aliphatic hydroxyl groups is 1. The lowest BCUT2D eigenvalue weighted by atomic mass is 10.1. The van der Waals surface area contributed by atoms with Gasteiger partial charge in [-0.3, -0.25) is 0 Å². The lowest BCUT2D eigenvalue weighted by molar-refractivity contribution is 0.104. The number of benzene rings is 1. The maximum absolute atomic E-state index is 12.0. The molecule has 0 bridgehead atoms. The third-order valence-corrected chi connectivity index (χ3v) is 3.29. The zero-order chi connectivity index (χ0) is 14.6. The first kappa shape index (κ1) is 15.5. The second-order valence-electron chi connectivity index (χ2n) is 5.37. The summed E-state index contributed by atoms with van der Waals surface area (Å²) in [6, 6.07) is 7.12. The summed E-state index contributed by atoms with van der Waals surface area (Å²) in [7, 11) is 1.65. The second kappa shape index (κ2) is 6.04. The van der Waals surface area contributed by atoms with Gasteiger partial charge in [0.1, 0.15) is 0 Å². The van der Waals surface area contributed by atoms with Crippen molar-refractivity contribution in [2.24, 2.45) is 5.73 Å². The monoisotopic (exact) mass is 265 g/mol. The zero-order valence-corrected chi connectivity index (χ0v) is 12.0. The molecule has 0 heterocycles. The number of rotatable bonds is 4. The molecule has 19 heavy (non-hydrogen) atoms. The SMILES string of the molecule is CC(N)c1ccc(NC(=O)N(C)C(C)(C)CO)cc1. The van der Waals surface area contributed by atoms with Crippen LogP contribution in [-0.2, 0) is 0 Å². The molecule has 1 rings (SSSR count). The maximum atomic E-state index is 12.0. The molecule has 1 unspecified atom stereocenters. The van der Waals surface area contributed by atoms with Gasteiger partial charge in [-0.05, 0) is 38.5 Å². The number of aliphatic hydroxyl groups excluding tert-OH is 1. The molecule has 5 nitrogen and oxygen atoms in total. The number of amides is 2.